The molecule has 190 valence electrons. The van der Waals surface area contributed by atoms with Crippen LogP contribution in [0.25, 0.3) is 6.08 Å². The van der Waals surface area contributed by atoms with Crippen LogP contribution in [0, 0.1) is 0 Å². The van der Waals surface area contributed by atoms with Gasteiger partial charge in [0.25, 0.3) is 11.8 Å². The summed E-state index contributed by atoms with van der Waals surface area (Å²) in [5.74, 6) is -0.656. The fraction of sp³-hybridized carbons (Fsp3) is 0.0333. The van der Waals surface area contributed by atoms with Crippen molar-refractivity contribution in [2.24, 2.45) is 0 Å². The molecule has 0 saturated carbocycles. The summed E-state index contributed by atoms with van der Waals surface area (Å²) in [5, 5.41) is 6.16. The van der Waals surface area contributed by atoms with Gasteiger partial charge in [-0.3, -0.25) is 14.4 Å². The first-order valence-electron chi connectivity index (χ1n) is 11.5. The predicted octanol–water partition coefficient (Wildman–Crippen LogP) is 7.49. The second-order valence-corrected chi connectivity index (χ2v) is 10.5. The van der Waals surface area contributed by atoms with E-state index in [4.69, 9.17) is 11.6 Å². The third-order valence-electron chi connectivity index (χ3n) is 5.34. The van der Waals surface area contributed by atoms with Crippen LogP contribution < -0.4 is 10.6 Å². The molecular weight excluding hydrogens is 584 g/mol. The van der Waals surface area contributed by atoms with Crippen molar-refractivity contribution >= 4 is 68.7 Å². The molecule has 0 aliphatic heterocycles. The van der Waals surface area contributed by atoms with E-state index < -0.39 is 11.8 Å². The van der Waals surface area contributed by atoms with Crippen molar-refractivity contribution in [3.05, 3.63) is 135 Å². The van der Waals surface area contributed by atoms with Crippen LogP contribution in [0.15, 0.2) is 118 Å². The van der Waals surface area contributed by atoms with Gasteiger partial charge in [0.15, 0.2) is 5.78 Å². The maximum Gasteiger partial charge on any atom is 0.272 e. The Morgan fingerprint density at radius 1 is 0.816 bits per heavy atom. The SMILES string of the molecule is O=C(Nc1cccc(SCC(=O)c2ccc(Cl)cc2)c1)/C(=C/c1ccc(Br)cc1)NC(=O)c1ccccc1. The minimum Gasteiger partial charge on any atom is -0.321 e. The van der Waals surface area contributed by atoms with E-state index in [0.717, 1.165) is 14.9 Å². The number of halogens is 2. The van der Waals surface area contributed by atoms with Crippen LogP contribution in [-0.2, 0) is 4.79 Å². The summed E-state index contributed by atoms with van der Waals surface area (Å²) < 4.78 is 0.901. The molecule has 2 N–H and O–H groups in total. The highest BCUT2D eigenvalue weighted by Gasteiger charge is 2.15. The lowest BCUT2D eigenvalue weighted by Crippen LogP contribution is -2.30. The second kappa shape index (κ2) is 13.2. The monoisotopic (exact) mass is 604 g/mol. The van der Waals surface area contributed by atoms with E-state index in [0.29, 0.717) is 21.8 Å². The fourth-order valence-electron chi connectivity index (χ4n) is 3.40. The largest absolute Gasteiger partial charge is 0.321 e. The highest BCUT2D eigenvalue weighted by atomic mass is 79.9. The van der Waals surface area contributed by atoms with Gasteiger partial charge in [-0.05, 0) is 78.4 Å². The van der Waals surface area contributed by atoms with Gasteiger partial charge in [-0.25, -0.2) is 0 Å². The normalized spacial score (nSPS) is 11.1. The van der Waals surface area contributed by atoms with E-state index in [-0.39, 0.29) is 17.2 Å². The van der Waals surface area contributed by atoms with Crippen LogP contribution in [0.1, 0.15) is 26.3 Å². The highest BCUT2D eigenvalue weighted by molar-refractivity contribution is 9.10. The Hall–Kier alpha value is -3.65. The Kier molecular flexibility index (Phi) is 9.54. The average Bonchev–Trinajstić information content (AvgIpc) is 2.93. The number of Topliss-reactive ketones (excluding diaryl/α,β-unsaturated/α-hetero) is 1. The Balaban J connectivity index is 1.48. The van der Waals surface area contributed by atoms with E-state index in [1.807, 2.05) is 36.4 Å². The molecule has 4 aromatic carbocycles. The van der Waals surface area contributed by atoms with Crippen molar-refractivity contribution in [1.82, 2.24) is 5.32 Å². The number of thioether (sulfide) groups is 1. The fourth-order valence-corrected chi connectivity index (χ4v) is 4.64. The van der Waals surface area contributed by atoms with E-state index in [9.17, 15) is 14.4 Å². The smallest absolute Gasteiger partial charge is 0.272 e. The molecule has 0 fully saturated rings. The van der Waals surface area contributed by atoms with Crippen LogP contribution in [0.2, 0.25) is 5.02 Å². The Labute approximate surface area is 238 Å². The van der Waals surface area contributed by atoms with E-state index in [1.165, 1.54) is 11.8 Å². The lowest BCUT2D eigenvalue weighted by molar-refractivity contribution is -0.113. The Morgan fingerprint density at radius 2 is 1.53 bits per heavy atom. The van der Waals surface area contributed by atoms with Gasteiger partial charge in [-0.2, -0.15) is 0 Å². The van der Waals surface area contributed by atoms with Crippen molar-refractivity contribution in [3.8, 4) is 0 Å². The number of carbonyl (C=O) groups excluding carboxylic acids is 3. The zero-order valence-electron chi connectivity index (χ0n) is 20.0. The summed E-state index contributed by atoms with van der Waals surface area (Å²) in [7, 11) is 0. The van der Waals surface area contributed by atoms with Crippen molar-refractivity contribution in [3.63, 3.8) is 0 Å². The van der Waals surface area contributed by atoms with Crippen molar-refractivity contribution in [2.75, 3.05) is 11.1 Å². The molecule has 0 radical (unpaired) electrons. The molecule has 0 heterocycles. The molecule has 0 aliphatic rings. The number of anilines is 1. The average molecular weight is 606 g/mol. The highest BCUT2D eigenvalue weighted by Crippen LogP contribution is 2.24. The summed E-state index contributed by atoms with van der Waals surface area (Å²) in [4.78, 5) is 39.4. The lowest BCUT2D eigenvalue weighted by Gasteiger charge is -2.12. The molecule has 0 spiro atoms. The summed E-state index contributed by atoms with van der Waals surface area (Å²) in [6, 6.07) is 30.0. The van der Waals surface area contributed by atoms with E-state index in [1.54, 1.807) is 72.8 Å². The number of carbonyl (C=O) groups is 3. The lowest BCUT2D eigenvalue weighted by atomic mass is 10.1. The van der Waals surface area contributed by atoms with Gasteiger partial charge in [0.1, 0.15) is 5.70 Å². The topological polar surface area (TPSA) is 75.3 Å². The number of benzene rings is 4. The number of amides is 2. The summed E-state index contributed by atoms with van der Waals surface area (Å²) in [6.07, 6.45) is 1.62. The molecule has 4 aromatic rings. The minimum absolute atomic E-state index is 0.0237. The Bertz CT molecular complexity index is 1470. The summed E-state index contributed by atoms with van der Waals surface area (Å²) >= 11 is 10.7. The third kappa shape index (κ3) is 7.92. The molecule has 5 nitrogen and oxygen atoms in total. The zero-order chi connectivity index (χ0) is 26.9. The van der Waals surface area contributed by atoms with Crippen LogP contribution in [0.5, 0.6) is 0 Å². The van der Waals surface area contributed by atoms with Crippen molar-refractivity contribution in [2.45, 2.75) is 4.90 Å². The zero-order valence-corrected chi connectivity index (χ0v) is 23.1. The second-order valence-electron chi connectivity index (χ2n) is 8.13. The standard InChI is InChI=1S/C30H22BrClN2O3S/c31-23-13-9-20(10-14-23)17-27(34-29(36)22-5-2-1-3-6-22)30(37)33-25-7-4-8-26(18-25)38-19-28(35)21-11-15-24(32)16-12-21/h1-18H,19H2,(H,33,37)(H,34,36)/b27-17-. The summed E-state index contributed by atoms with van der Waals surface area (Å²) in [6.45, 7) is 0. The molecule has 4 rings (SSSR count). The van der Waals surface area contributed by atoms with Gasteiger partial charge in [-0.1, -0.05) is 63.9 Å². The Morgan fingerprint density at radius 3 is 2.24 bits per heavy atom. The molecule has 0 atom stereocenters. The molecular formula is C30H22BrClN2O3S. The van der Waals surface area contributed by atoms with Gasteiger partial charge in [0, 0.05) is 31.2 Å². The first-order valence-corrected chi connectivity index (χ1v) is 13.7. The number of hydrogen-bond donors (Lipinski definition) is 2. The number of rotatable bonds is 9. The molecule has 0 bridgehead atoms. The van der Waals surface area contributed by atoms with Crippen molar-refractivity contribution < 1.29 is 14.4 Å². The van der Waals surface area contributed by atoms with Gasteiger partial charge >= 0.3 is 0 Å². The molecule has 8 heteroatoms. The molecule has 38 heavy (non-hydrogen) atoms. The molecule has 0 unspecified atom stereocenters. The van der Waals surface area contributed by atoms with Crippen LogP contribution in [-0.4, -0.2) is 23.4 Å². The van der Waals surface area contributed by atoms with E-state index >= 15 is 0 Å². The van der Waals surface area contributed by atoms with Gasteiger partial charge < -0.3 is 10.6 Å². The van der Waals surface area contributed by atoms with Crippen LogP contribution in [0.3, 0.4) is 0 Å². The van der Waals surface area contributed by atoms with Gasteiger partial charge in [0.2, 0.25) is 0 Å². The van der Waals surface area contributed by atoms with Gasteiger partial charge in [-0.15, -0.1) is 11.8 Å². The molecule has 2 amide bonds. The van der Waals surface area contributed by atoms with Crippen LogP contribution >= 0.6 is 39.3 Å². The first kappa shape index (κ1) is 27.4. The van der Waals surface area contributed by atoms with E-state index in [2.05, 4.69) is 26.6 Å². The van der Waals surface area contributed by atoms with Gasteiger partial charge in [0.05, 0.1) is 5.75 Å². The molecule has 0 saturated heterocycles. The minimum atomic E-state index is -0.475. The summed E-state index contributed by atoms with van der Waals surface area (Å²) in [5.41, 5.74) is 2.40. The third-order valence-corrected chi connectivity index (χ3v) is 7.11. The number of nitrogens with one attached hydrogen (secondary N) is 2. The molecule has 0 aromatic heterocycles. The maximum atomic E-state index is 13.3. The number of ketones is 1. The first-order chi connectivity index (χ1) is 18.4. The predicted molar refractivity (Wildman–Crippen MR) is 158 cm³/mol. The van der Waals surface area contributed by atoms with Crippen molar-refractivity contribution in [1.29, 1.82) is 0 Å². The van der Waals surface area contributed by atoms with Crippen LogP contribution in [0.4, 0.5) is 5.69 Å². The number of hydrogen-bond acceptors (Lipinski definition) is 4. The molecule has 0 aliphatic carbocycles. The quantitative estimate of drug-likeness (QED) is 0.118. The maximum absolute atomic E-state index is 13.3.